The van der Waals surface area contributed by atoms with Gasteiger partial charge < -0.3 is 19.5 Å². The Hall–Kier alpha value is -3.32. The van der Waals surface area contributed by atoms with Crippen LogP contribution in [0.5, 0.6) is 11.5 Å². The second kappa shape index (κ2) is 10.6. The summed E-state index contributed by atoms with van der Waals surface area (Å²) in [4.78, 5) is 26.0. The molecule has 3 rings (SSSR count). The Morgan fingerprint density at radius 2 is 1.77 bits per heavy atom. The molecule has 3 aromatic rings. The van der Waals surface area contributed by atoms with Crippen LogP contribution in [0.15, 0.2) is 66.0 Å². The first-order chi connectivity index (χ1) is 15.0. The lowest BCUT2D eigenvalue weighted by atomic mass is 10.1. The van der Waals surface area contributed by atoms with Crippen molar-refractivity contribution >= 4 is 23.2 Å². The van der Waals surface area contributed by atoms with Gasteiger partial charge in [0.05, 0.1) is 24.8 Å². The van der Waals surface area contributed by atoms with Crippen LogP contribution in [-0.2, 0) is 9.53 Å². The van der Waals surface area contributed by atoms with E-state index in [9.17, 15) is 9.59 Å². The number of amides is 1. The molecular formula is C24H25NO5S. The molecule has 2 aromatic carbocycles. The lowest BCUT2D eigenvalue weighted by Crippen LogP contribution is -2.32. The van der Waals surface area contributed by atoms with Crippen LogP contribution in [0.25, 0.3) is 0 Å². The van der Waals surface area contributed by atoms with E-state index in [1.165, 1.54) is 13.2 Å². The highest BCUT2D eigenvalue weighted by Crippen LogP contribution is 2.29. The summed E-state index contributed by atoms with van der Waals surface area (Å²) in [5.41, 5.74) is 1.23. The van der Waals surface area contributed by atoms with Gasteiger partial charge in [0.1, 0.15) is 0 Å². The highest BCUT2D eigenvalue weighted by Gasteiger charge is 2.19. The number of hydrogen-bond donors (Lipinski definition) is 1. The van der Waals surface area contributed by atoms with Gasteiger partial charge in [-0.05, 0) is 49.1 Å². The van der Waals surface area contributed by atoms with Crippen molar-refractivity contribution in [2.24, 2.45) is 0 Å². The minimum Gasteiger partial charge on any atom is -0.493 e. The van der Waals surface area contributed by atoms with Gasteiger partial charge in [0.2, 0.25) is 0 Å². The molecule has 0 saturated heterocycles. The predicted octanol–water partition coefficient (Wildman–Crippen LogP) is 4.61. The fourth-order valence-corrected chi connectivity index (χ4v) is 3.79. The maximum absolute atomic E-state index is 12.5. The van der Waals surface area contributed by atoms with E-state index in [-0.39, 0.29) is 30.2 Å². The SMILES string of the molecule is COc1cc(C(=O)OCC(=O)NC(c2ccccc2)c2cccs2)ccc1OC(C)C. The van der Waals surface area contributed by atoms with Gasteiger partial charge in [-0.25, -0.2) is 4.79 Å². The molecule has 1 aromatic heterocycles. The highest BCUT2D eigenvalue weighted by molar-refractivity contribution is 7.10. The fourth-order valence-electron chi connectivity index (χ4n) is 2.98. The summed E-state index contributed by atoms with van der Waals surface area (Å²) < 4.78 is 16.2. The van der Waals surface area contributed by atoms with E-state index < -0.39 is 5.97 Å². The molecule has 31 heavy (non-hydrogen) atoms. The van der Waals surface area contributed by atoms with Crippen molar-refractivity contribution in [3.8, 4) is 11.5 Å². The molecule has 7 heteroatoms. The van der Waals surface area contributed by atoms with Gasteiger partial charge in [0.25, 0.3) is 5.91 Å². The first kappa shape index (κ1) is 22.4. The van der Waals surface area contributed by atoms with Crippen molar-refractivity contribution in [3.63, 3.8) is 0 Å². The summed E-state index contributed by atoms with van der Waals surface area (Å²) in [6.45, 7) is 3.42. The minimum atomic E-state index is -0.614. The Labute approximate surface area is 185 Å². The first-order valence-corrected chi connectivity index (χ1v) is 10.8. The fraction of sp³-hybridized carbons (Fsp3) is 0.250. The van der Waals surface area contributed by atoms with Gasteiger partial charge in [0.15, 0.2) is 18.1 Å². The summed E-state index contributed by atoms with van der Waals surface area (Å²) in [5, 5.41) is 4.90. The molecule has 0 spiro atoms. The minimum absolute atomic E-state index is 0.0312. The van der Waals surface area contributed by atoms with E-state index in [0.29, 0.717) is 11.5 Å². The number of rotatable bonds is 9. The molecule has 1 N–H and O–H groups in total. The Kier molecular flexibility index (Phi) is 7.67. The summed E-state index contributed by atoms with van der Waals surface area (Å²) in [5.74, 6) is -0.0397. The van der Waals surface area contributed by atoms with Crippen LogP contribution in [0.4, 0.5) is 0 Å². The van der Waals surface area contributed by atoms with Crippen molar-refractivity contribution in [2.45, 2.75) is 26.0 Å². The maximum Gasteiger partial charge on any atom is 0.338 e. The van der Waals surface area contributed by atoms with Gasteiger partial charge in [-0.15, -0.1) is 11.3 Å². The molecule has 0 aliphatic carbocycles. The van der Waals surface area contributed by atoms with E-state index in [1.807, 2.05) is 61.7 Å². The van der Waals surface area contributed by atoms with Crippen LogP contribution in [-0.4, -0.2) is 31.7 Å². The molecule has 1 unspecified atom stereocenters. The molecule has 1 amide bonds. The number of thiophene rings is 1. The van der Waals surface area contributed by atoms with Crippen LogP contribution < -0.4 is 14.8 Å². The maximum atomic E-state index is 12.5. The van der Waals surface area contributed by atoms with Crippen LogP contribution >= 0.6 is 11.3 Å². The zero-order valence-electron chi connectivity index (χ0n) is 17.7. The molecule has 0 aliphatic rings. The normalized spacial score (nSPS) is 11.6. The number of carbonyl (C=O) groups excluding carboxylic acids is 2. The van der Waals surface area contributed by atoms with Crippen molar-refractivity contribution in [3.05, 3.63) is 82.0 Å². The summed E-state index contributed by atoms with van der Waals surface area (Å²) in [6, 6.07) is 18.0. The van der Waals surface area contributed by atoms with Gasteiger partial charge in [0, 0.05) is 4.88 Å². The number of methoxy groups -OCH3 is 1. The van der Waals surface area contributed by atoms with Crippen LogP contribution in [0.1, 0.15) is 40.7 Å². The van der Waals surface area contributed by atoms with Crippen molar-refractivity contribution < 1.29 is 23.8 Å². The Bertz CT molecular complexity index is 1000. The van der Waals surface area contributed by atoms with Gasteiger partial charge in [-0.1, -0.05) is 36.4 Å². The topological polar surface area (TPSA) is 73.9 Å². The van der Waals surface area contributed by atoms with Crippen LogP contribution in [0.2, 0.25) is 0 Å². The summed E-state index contributed by atoms with van der Waals surface area (Å²) >= 11 is 1.55. The smallest absolute Gasteiger partial charge is 0.338 e. The Balaban J connectivity index is 1.64. The Morgan fingerprint density at radius 1 is 1.00 bits per heavy atom. The highest BCUT2D eigenvalue weighted by atomic mass is 32.1. The predicted molar refractivity (Wildman–Crippen MR) is 120 cm³/mol. The monoisotopic (exact) mass is 439 g/mol. The zero-order chi connectivity index (χ0) is 22.2. The molecule has 0 saturated carbocycles. The zero-order valence-corrected chi connectivity index (χ0v) is 18.5. The standard InChI is InChI=1S/C24H25NO5S/c1-16(2)30-19-12-11-18(14-20(19)28-3)24(27)29-15-22(26)25-23(21-10-7-13-31-21)17-8-5-4-6-9-17/h4-14,16,23H,15H2,1-3H3,(H,25,26). The quantitative estimate of drug-likeness (QED) is 0.493. The molecule has 0 aliphatic heterocycles. The molecule has 0 fully saturated rings. The third kappa shape index (κ3) is 6.08. The second-order valence-electron chi connectivity index (χ2n) is 7.04. The molecule has 1 atom stereocenters. The second-order valence-corrected chi connectivity index (χ2v) is 8.01. The summed E-state index contributed by atoms with van der Waals surface area (Å²) in [7, 11) is 1.50. The third-order valence-electron chi connectivity index (χ3n) is 4.36. The van der Waals surface area contributed by atoms with Crippen molar-refractivity contribution in [2.75, 3.05) is 13.7 Å². The van der Waals surface area contributed by atoms with E-state index in [4.69, 9.17) is 14.2 Å². The number of benzene rings is 2. The van der Waals surface area contributed by atoms with Gasteiger partial charge in [-0.3, -0.25) is 4.79 Å². The molecular weight excluding hydrogens is 414 g/mol. The average molecular weight is 440 g/mol. The largest absolute Gasteiger partial charge is 0.493 e. The van der Waals surface area contributed by atoms with Crippen LogP contribution in [0.3, 0.4) is 0 Å². The van der Waals surface area contributed by atoms with E-state index in [0.717, 1.165) is 10.4 Å². The lowest BCUT2D eigenvalue weighted by molar-refractivity contribution is -0.124. The number of hydrogen-bond acceptors (Lipinski definition) is 6. The van der Waals surface area contributed by atoms with Gasteiger partial charge >= 0.3 is 5.97 Å². The number of esters is 1. The number of ether oxygens (including phenoxy) is 3. The number of carbonyl (C=O) groups is 2. The van der Waals surface area contributed by atoms with Crippen molar-refractivity contribution in [1.29, 1.82) is 0 Å². The molecule has 1 heterocycles. The average Bonchev–Trinajstić information content (AvgIpc) is 3.31. The van der Waals surface area contributed by atoms with E-state index >= 15 is 0 Å². The Morgan fingerprint density at radius 3 is 2.42 bits per heavy atom. The molecule has 162 valence electrons. The first-order valence-electron chi connectivity index (χ1n) is 9.87. The van der Waals surface area contributed by atoms with E-state index in [2.05, 4.69) is 5.32 Å². The van der Waals surface area contributed by atoms with Gasteiger partial charge in [-0.2, -0.15) is 0 Å². The number of nitrogens with one attached hydrogen (secondary N) is 1. The van der Waals surface area contributed by atoms with Crippen molar-refractivity contribution in [1.82, 2.24) is 5.32 Å². The van der Waals surface area contributed by atoms with Crippen LogP contribution in [0, 0.1) is 0 Å². The van der Waals surface area contributed by atoms with E-state index in [1.54, 1.807) is 23.5 Å². The lowest BCUT2D eigenvalue weighted by Gasteiger charge is -2.18. The summed E-state index contributed by atoms with van der Waals surface area (Å²) in [6.07, 6.45) is -0.0312. The molecule has 0 bridgehead atoms. The molecule has 6 nitrogen and oxygen atoms in total. The molecule has 0 radical (unpaired) electrons. The third-order valence-corrected chi connectivity index (χ3v) is 5.30.